The van der Waals surface area contributed by atoms with Gasteiger partial charge < -0.3 is 18.9 Å². The second-order valence-corrected chi connectivity index (χ2v) is 5.53. The Bertz CT molecular complexity index is 508. The van der Waals surface area contributed by atoms with Gasteiger partial charge in [0, 0.05) is 26.7 Å². The zero-order chi connectivity index (χ0) is 18.3. The molecule has 0 N–H and O–H groups in total. The van der Waals surface area contributed by atoms with Crippen LogP contribution in [0, 0.1) is 5.92 Å². The smallest absolute Gasteiger partial charge is 0.305 e. The van der Waals surface area contributed by atoms with Crippen molar-refractivity contribution >= 4 is 23.7 Å². The Balaban J connectivity index is 2.68. The highest BCUT2D eigenvalue weighted by atomic mass is 16.7. The molecule has 1 heterocycles. The van der Waals surface area contributed by atoms with Crippen molar-refractivity contribution in [2.45, 2.75) is 52.6 Å². The number of hydrogen-bond donors (Lipinski definition) is 0. The van der Waals surface area contributed by atoms with Gasteiger partial charge in [-0.25, -0.2) is 0 Å². The first kappa shape index (κ1) is 19.8. The average molecular weight is 342 g/mol. The highest BCUT2D eigenvalue weighted by Gasteiger charge is 2.32. The Kier molecular flexibility index (Phi) is 7.57. The van der Waals surface area contributed by atoms with Crippen molar-refractivity contribution in [3.63, 3.8) is 0 Å². The lowest BCUT2D eigenvalue weighted by molar-refractivity contribution is -0.196. The highest BCUT2D eigenvalue weighted by molar-refractivity contribution is 5.94. The van der Waals surface area contributed by atoms with Gasteiger partial charge in [-0.05, 0) is 18.6 Å². The molecular formula is C16H22O8. The SMILES string of the molecule is CC(=O)OC[C@@H]1C=CC(=O)[C@@H](CC(C)C(OC(C)=O)OC(C)=O)O1. The second kappa shape index (κ2) is 9.17. The van der Waals surface area contributed by atoms with Crippen LogP contribution >= 0.6 is 0 Å². The van der Waals surface area contributed by atoms with Crippen LogP contribution < -0.4 is 0 Å². The summed E-state index contributed by atoms with van der Waals surface area (Å²) in [6.07, 6.45) is 0.604. The zero-order valence-electron chi connectivity index (χ0n) is 14.1. The molecule has 1 aliphatic heterocycles. The Morgan fingerprint density at radius 2 is 1.71 bits per heavy atom. The molecule has 0 aromatic heterocycles. The van der Waals surface area contributed by atoms with Crippen molar-refractivity contribution in [1.82, 2.24) is 0 Å². The third-order valence-electron chi connectivity index (χ3n) is 3.20. The van der Waals surface area contributed by atoms with Gasteiger partial charge in [-0.2, -0.15) is 0 Å². The number of rotatable bonds is 7. The van der Waals surface area contributed by atoms with E-state index in [9.17, 15) is 19.2 Å². The maximum Gasteiger partial charge on any atom is 0.305 e. The van der Waals surface area contributed by atoms with Crippen LogP contribution in [0.2, 0.25) is 0 Å². The van der Waals surface area contributed by atoms with Gasteiger partial charge >= 0.3 is 17.9 Å². The van der Waals surface area contributed by atoms with Crippen molar-refractivity contribution < 1.29 is 38.1 Å². The van der Waals surface area contributed by atoms with Crippen LogP contribution in [0.15, 0.2) is 12.2 Å². The van der Waals surface area contributed by atoms with Gasteiger partial charge in [-0.15, -0.1) is 0 Å². The number of esters is 3. The predicted molar refractivity (Wildman–Crippen MR) is 80.5 cm³/mol. The molecule has 0 aliphatic carbocycles. The van der Waals surface area contributed by atoms with Crippen LogP contribution in [0.4, 0.5) is 0 Å². The van der Waals surface area contributed by atoms with E-state index in [4.69, 9.17) is 18.9 Å². The van der Waals surface area contributed by atoms with E-state index in [-0.39, 0.29) is 18.8 Å². The molecule has 0 fully saturated rings. The van der Waals surface area contributed by atoms with Crippen LogP contribution in [0.25, 0.3) is 0 Å². The summed E-state index contributed by atoms with van der Waals surface area (Å²) in [5.74, 6) is -2.37. The van der Waals surface area contributed by atoms with E-state index in [1.807, 2.05) is 0 Å². The van der Waals surface area contributed by atoms with E-state index in [0.717, 1.165) is 0 Å². The van der Waals surface area contributed by atoms with Crippen LogP contribution in [0.5, 0.6) is 0 Å². The molecule has 0 amide bonds. The van der Waals surface area contributed by atoms with E-state index >= 15 is 0 Å². The van der Waals surface area contributed by atoms with Crippen LogP contribution in [0.1, 0.15) is 34.1 Å². The first-order valence-corrected chi connectivity index (χ1v) is 7.54. The molecular weight excluding hydrogens is 320 g/mol. The molecule has 0 bridgehead atoms. The minimum atomic E-state index is -1.10. The summed E-state index contributed by atoms with van der Waals surface area (Å²) in [5.41, 5.74) is 0. The minimum Gasteiger partial charge on any atom is -0.463 e. The molecule has 0 saturated heterocycles. The lowest BCUT2D eigenvalue weighted by Crippen LogP contribution is -2.38. The Labute approximate surface area is 140 Å². The van der Waals surface area contributed by atoms with E-state index in [1.165, 1.54) is 32.9 Å². The number of hydrogen-bond acceptors (Lipinski definition) is 8. The first-order valence-electron chi connectivity index (χ1n) is 7.54. The van der Waals surface area contributed by atoms with E-state index < -0.39 is 42.3 Å². The molecule has 0 spiro atoms. The summed E-state index contributed by atoms with van der Waals surface area (Å²) in [6.45, 7) is 5.35. The molecule has 134 valence electrons. The standard InChI is InChI=1S/C16H22O8/c1-9(16(22-11(3)18)23-12(4)19)7-15-14(20)6-5-13(24-15)8-21-10(2)17/h5-6,9,13,15-16H,7-8H2,1-4H3/t9?,13-,15+/m0/s1. The summed E-state index contributed by atoms with van der Waals surface area (Å²) in [6, 6.07) is 0. The Morgan fingerprint density at radius 3 is 2.21 bits per heavy atom. The average Bonchev–Trinajstić information content (AvgIpc) is 2.46. The van der Waals surface area contributed by atoms with Gasteiger partial charge in [0.05, 0.1) is 0 Å². The van der Waals surface area contributed by atoms with Gasteiger partial charge in [0.2, 0.25) is 6.29 Å². The molecule has 8 nitrogen and oxygen atoms in total. The fraction of sp³-hybridized carbons (Fsp3) is 0.625. The maximum absolute atomic E-state index is 11.9. The molecule has 1 rings (SSSR count). The molecule has 0 aromatic carbocycles. The second-order valence-electron chi connectivity index (χ2n) is 5.53. The molecule has 8 heteroatoms. The normalized spacial score (nSPS) is 21.3. The quantitative estimate of drug-likeness (QED) is 0.497. The lowest BCUT2D eigenvalue weighted by atomic mass is 9.98. The summed E-state index contributed by atoms with van der Waals surface area (Å²) in [4.78, 5) is 45.0. The van der Waals surface area contributed by atoms with E-state index in [1.54, 1.807) is 6.92 Å². The molecule has 0 aromatic rings. The summed E-state index contributed by atoms with van der Waals surface area (Å²) in [7, 11) is 0. The first-order chi connectivity index (χ1) is 11.2. The third kappa shape index (κ3) is 6.91. The largest absolute Gasteiger partial charge is 0.463 e. The van der Waals surface area contributed by atoms with E-state index in [0.29, 0.717) is 0 Å². The lowest BCUT2D eigenvalue weighted by Gasteiger charge is -2.29. The molecule has 1 unspecified atom stereocenters. The highest BCUT2D eigenvalue weighted by Crippen LogP contribution is 2.22. The minimum absolute atomic E-state index is 0.00130. The van der Waals surface area contributed by atoms with Crippen molar-refractivity contribution in [2.75, 3.05) is 6.61 Å². The van der Waals surface area contributed by atoms with Gasteiger partial charge in [-0.1, -0.05) is 6.92 Å². The number of carbonyl (C=O) groups is 4. The summed E-state index contributed by atoms with van der Waals surface area (Å²) in [5, 5.41) is 0. The molecule has 24 heavy (non-hydrogen) atoms. The number of carbonyl (C=O) groups excluding carboxylic acids is 4. The van der Waals surface area contributed by atoms with Crippen molar-refractivity contribution in [3.8, 4) is 0 Å². The van der Waals surface area contributed by atoms with Gasteiger partial charge in [0.25, 0.3) is 0 Å². The number of ether oxygens (including phenoxy) is 4. The number of ketones is 1. The predicted octanol–water partition coefficient (Wildman–Crippen LogP) is 0.921. The van der Waals surface area contributed by atoms with Crippen LogP contribution in [0.3, 0.4) is 0 Å². The van der Waals surface area contributed by atoms with Crippen molar-refractivity contribution in [1.29, 1.82) is 0 Å². The monoisotopic (exact) mass is 342 g/mol. The maximum atomic E-state index is 11.9. The van der Waals surface area contributed by atoms with Crippen molar-refractivity contribution in [2.24, 2.45) is 5.92 Å². The molecule has 3 atom stereocenters. The molecule has 1 aliphatic rings. The fourth-order valence-corrected chi connectivity index (χ4v) is 2.13. The Hall–Kier alpha value is -2.22. The van der Waals surface area contributed by atoms with Gasteiger partial charge in [-0.3, -0.25) is 19.2 Å². The third-order valence-corrected chi connectivity index (χ3v) is 3.20. The van der Waals surface area contributed by atoms with Gasteiger partial charge in [0.1, 0.15) is 18.8 Å². The van der Waals surface area contributed by atoms with Gasteiger partial charge in [0.15, 0.2) is 5.78 Å². The molecule has 0 saturated carbocycles. The molecule has 0 radical (unpaired) electrons. The Morgan fingerprint density at radius 1 is 1.12 bits per heavy atom. The van der Waals surface area contributed by atoms with Crippen LogP contribution in [-0.4, -0.2) is 48.8 Å². The zero-order valence-corrected chi connectivity index (χ0v) is 14.1. The van der Waals surface area contributed by atoms with Crippen LogP contribution in [-0.2, 0) is 38.1 Å². The fourth-order valence-electron chi connectivity index (χ4n) is 2.13. The van der Waals surface area contributed by atoms with Crippen molar-refractivity contribution in [3.05, 3.63) is 12.2 Å². The van der Waals surface area contributed by atoms with E-state index in [2.05, 4.69) is 0 Å². The topological polar surface area (TPSA) is 105 Å². The summed E-state index contributed by atoms with van der Waals surface area (Å²) < 4.78 is 20.4. The summed E-state index contributed by atoms with van der Waals surface area (Å²) >= 11 is 0.